The molecule has 2 rings (SSSR count). The predicted molar refractivity (Wildman–Crippen MR) is 118 cm³/mol. The number of alkyl halides is 3. The van der Waals surface area contributed by atoms with Crippen LogP contribution in [0.2, 0.25) is 5.02 Å². The number of anilines is 1. The highest BCUT2D eigenvalue weighted by Crippen LogP contribution is 2.35. The van der Waals surface area contributed by atoms with E-state index in [-0.39, 0.29) is 16.6 Å². The molecule has 31 heavy (non-hydrogen) atoms. The predicted octanol–water partition coefficient (Wildman–Crippen LogP) is 6.60. The quantitative estimate of drug-likeness (QED) is 0.222. The molecule has 0 bridgehead atoms. The molecule has 10 heteroatoms. The van der Waals surface area contributed by atoms with E-state index in [1.807, 2.05) is 0 Å². The van der Waals surface area contributed by atoms with E-state index in [9.17, 15) is 22.1 Å². The van der Waals surface area contributed by atoms with Gasteiger partial charge in [0, 0.05) is 11.0 Å². The normalized spacial score (nSPS) is 13.2. The number of halogens is 5. The maximum Gasteiger partial charge on any atom is 0.421 e. The fourth-order valence-corrected chi connectivity index (χ4v) is 3.50. The topological polar surface area (TPSA) is 50.7 Å². The van der Waals surface area contributed by atoms with Gasteiger partial charge >= 0.3 is 6.18 Å². The van der Waals surface area contributed by atoms with E-state index in [2.05, 4.69) is 16.9 Å². The summed E-state index contributed by atoms with van der Waals surface area (Å²) >= 11 is 5.87. The molecule has 0 radical (unpaired) electrons. The first-order valence-electron chi connectivity index (χ1n) is 8.88. The Morgan fingerprint density at radius 2 is 1.81 bits per heavy atom. The zero-order chi connectivity index (χ0) is 23.4. The number of allylic oxidation sites excluding steroid dienone is 1. The van der Waals surface area contributed by atoms with E-state index in [1.54, 1.807) is 37.6 Å². The van der Waals surface area contributed by atoms with Crippen LogP contribution in [0.15, 0.2) is 71.5 Å². The van der Waals surface area contributed by atoms with Crippen LogP contribution in [0.5, 0.6) is 5.75 Å². The minimum absolute atomic E-state index is 0.152. The molecule has 0 spiro atoms. The zero-order valence-corrected chi connectivity index (χ0v) is 18.6. The summed E-state index contributed by atoms with van der Waals surface area (Å²) in [5, 5.41) is 3.18. The average Bonchev–Trinajstić information content (AvgIpc) is 2.63. The molecule has 0 heterocycles. The van der Waals surface area contributed by atoms with Crippen LogP contribution in [0.25, 0.3) is 0 Å². The van der Waals surface area contributed by atoms with Gasteiger partial charge in [-0.2, -0.15) is 18.2 Å². The average molecular weight is 475 g/mol. The Kier molecular flexibility index (Phi) is 7.73. The van der Waals surface area contributed by atoms with Crippen LogP contribution >= 0.6 is 18.7 Å². The van der Waals surface area contributed by atoms with E-state index in [4.69, 9.17) is 16.3 Å². The third kappa shape index (κ3) is 6.97. The third-order valence-corrected chi connectivity index (χ3v) is 5.78. The number of hydrogen-bond acceptors (Lipinski definition) is 4. The van der Waals surface area contributed by atoms with Crippen LogP contribution in [0.1, 0.15) is 6.92 Å². The third-order valence-electron chi connectivity index (χ3n) is 3.94. The Morgan fingerprint density at radius 3 is 2.29 bits per heavy atom. The second-order valence-electron chi connectivity index (χ2n) is 6.76. The monoisotopic (exact) mass is 474 g/mol. The summed E-state index contributed by atoms with van der Waals surface area (Å²) in [6, 6.07) is 9.49. The summed E-state index contributed by atoms with van der Waals surface area (Å²) in [4.78, 5) is 3.83. The fraction of sp³-hybridized carbons (Fsp3) is 0.190. The van der Waals surface area contributed by atoms with Crippen LogP contribution in [-0.4, -0.2) is 25.4 Å². The van der Waals surface area contributed by atoms with Gasteiger partial charge in [0.25, 0.3) is 0 Å². The molecule has 0 aromatic heterocycles. The maximum absolute atomic E-state index is 13.5. The van der Waals surface area contributed by atoms with Crippen molar-refractivity contribution in [1.29, 1.82) is 0 Å². The van der Waals surface area contributed by atoms with Crippen molar-refractivity contribution in [3.8, 4) is 5.75 Å². The summed E-state index contributed by atoms with van der Waals surface area (Å²) in [5.74, 6) is -1.84. The summed E-state index contributed by atoms with van der Waals surface area (Å²) in [5.41, 5.74) is -0.691. The lowest BCUT2D eigenvalue weighted by molar-refractivity contribution is -0.0872. The molecule has 0 unspecified atom stereocenters. The van der Waals surface area contributed by atoms with Gasteiger partial charge in [-0.05, 0) is 62.7 Å². The zero-order valence-electron chi connectivity index (χ0n) is 16.9. The Balaban J connectivity index is 2.36. The van der Waals surface area contributed by atoms with E-state index < -0.39 is 30.6 Å². The molecule has 4 nitrogen and oxygen atoms in total. The lowest BCUT2D eigenvalue weighted by atomic mass is 10.2. The van der Waals surface area contributed by atoms with Crippen LogP contribution in [-0.2, 0) is 4.57 Å². The highest BCUT2D eigenvalue weighted by atomic mass is 35.5. The first-order chi connectivity index (χ1) is 14.3. The standard InChI is InChI=1S/C21H20ClF4N2O2P/c1-5-17(21(24,25)26)20(30-19-11-6-14(23)12-18(19)22)28-13(2)27-15-7-9-16(10-8-15)31(3,4)29/h5-12,27H,2H2,1,3-4H3/b17-5+,28-20+. The van der Waals surface area contributed by atoms with Crippen LogP contribution in [0.3, 0.4) is 0 Å². The number of nitrogens with zero attached hydrogens (tertiary/aromatic N) is 1. The Bertz CT molecular complexity index is 1070. The van der Waals surface area contributed by atoms with Crippen molar-refractivity contribution >= 4 is 35.6 Å². The second-order valence-corrected chi connectivity index (χ2v) is 10.4. The van der Waals surface area contributed by atoms with Gasteiger partial charge in [-0.3, -0.25) is 0 Å². The minimum atomic E-state index is -4.77. The number of hydrogen-bond donors (Lipinski definition) is 1. The molecule has 0 atom stereocenters. The molecule has 0 aliphatic heterocycles. The van der Waals surface area contributed by atoms with E-state index in [0.717, 1.165) is 24.3 Å². The number of ether oxygens (including phenoxy) is 1. The van der Waals surface area contributed by atoms with Gasteiger partial charge in [0.15, 0.2) is 0 Å². The van der Waals surface area contributed by atoms with Gasteiger partial charge in [-0.25, -0.2) is 4.39 Å². The fourth-order valence-electron chi connectivity index (χ4n) is 2.43. The summed E-state index contributed by atoms with van der Waals surface area (Å²) < 4.78 is 71.0. The van der Waals surface area contributed by atoms with Crippen molar-refractivity contribution in [2.75, 3.05) is 18.6 Å². The maximum atomic E-state index is 13.5. The van der Waals surface area contributed by atoms with Gasteiger partial charge < -0.3 is 14.6 Å². The molecule has 2 aromatic carbocycles. The van der Waals surface area contributed by atoms with Gasteiger partial charge in [0.05, 0.1) is 5.02 Å². The van der Waals surface area contributed by atoms with Crippen molar-refractivity contribution in [1.82, 2.24) is 0 Å². The van der Waals surface area contributed by atoms with E-state index >= 15 is 0 Å². The molecule has 166 valence electrons. The van der Waals surface area contributed by atoms with Crippen molar-refractivity contribution in [2.45, 2.75) is 13.1 Å². The Labute approximate surface area is 182 Å². The molecule has 0 amide bonds. The molecule has 0 aliphatic carbocycles. The van der Waals surface area contributed by atoms with Crippen molar-refractivity contribution < 1.29 is 26.9 Å². The molecule has 0 saturated heterocycles. The number of benzene rings is 2. The van der Waals surface area contributed by atoms with Crippen molar-refractivity contribution in [3.05, 3.63) is 77.4 Å². The molecular weight excluding hydrogens is 455 g/mol. The molecule has 2 aromatic rings. The summed E-state index contributed by atoms with van der Waals surface area (Å²) in [6.07, 6.45) is -3.98. The number of aliphatic imine (C=N–C) groups is 1. The van der Waals surface area contributed by atoms with Gasteiger partial charge in [0.1, 0.15) is 30.1 Å². The lowest BCUT2D eigenvalue weighted by Crippen LogP contribution is -2.25. The van der Waals surface area contributed by atoms with Gasteiger partial charge in [-0.15, -0.1) is 0 Å². The summed E-state index contributed by atoms with van der Waals surface area (Å²) in [6.45, 7) is 8.04. The second kappa shape index (κ2) is 9.71. The first-order valence-corrected chi connectivity index (χ1v) is 11.9. The van der Waals surface area contributed by atoms with Gasteiger partial charge in [-0.1, -0.05) is 24.3 Å². The lowest BCUT2D eigenvalue weighted by Gasteiger charge is -2.16. The minimum Gasteiger partial charge on any atom is -0.437 e. The highest BCUT2D eigenvalue weighted by molar-refractivity contribution is 7.70. The highest BCUT2D eigenvalue weighted by Gasteiger charge is 2.38. The smallest absolute Gasteiger partial charge is 0.421 e. The molecule has 1 N–H and O–H groups in total. The Hall–Kier alpha value is -2.57. The van der Waals surface area contributed by atoms with Crippen LogP contribution in [0.4, 0.5) is 23.2 Å². The SMILES string of the molecule is C=C(/N=C(Oc1ccc(F)cc1Cl)\C(=C/C)C(F)(F)F)Nc1ccc(P(C)(C)=O)cc1. The van der Waals surface area contributed by atoms with E-state index in [0.29, 0.717) is 11.0 Å². The Morgan fingerprint density at radius 1 is 1.19 bits per heavy atom. The molecular formula is C21H20ClF4N2O2P. The summed E-state index contributed by atoms with van der Waals surface area (Å²) in [7, 11) is -2.45. The van der Waals surface area contributed by atoms with E-state index in [1.165, 1.54) is 6.92 Å². The largest absolute Gasteiger partial charge is 0.437 e. The first kappa shape index (κ1) is 24.7. The van der Waals surface area contributed by atoms with Crippen LogP contribution in [0, 0.1) is 5.82 Å². The molecule has 0 fully saturated rings. The number of rotatable bonds is 6. The van der Waals surface area contributed by atoms with Crippen LogP contribution < -0.4 is 15.4 Å². The molecule has 0 saturated carbocycles. The van der Waals surface area contributed by atoms with Crippen molar-refractivity contribution in [2.24, 2.45) is 4.99 Å². The van der Waals surface area contributed by atoms with Crippen molar-refractivity contribution in [3.63, 3.8) is 0 Å². The van der Waals surface area contributed by atoms with Gasteiger partial charge in [0.2, 0.25) is 5.90 Å². The molecule has 0 aliphatic rings. The number of nitrogens with one attached hydrogen (secondary N) is 1.